The second kappa shape index (κ2) is 5.35. The van der Waals surface area contributed by atoms with Crippen molar-refractivity contribution in [1.82, 2.24) is 10.2 Å². The average Bonchev–Trinajstić information content (AvgIpc) is 2.42. The average molecular weight is 280 g/mol. The Morgan fingerprint density at radius 1 is 1.45 bits per heavy atom. The van der Waals surface area contributed by atoms with Crippen LogP contribution in [-0.2, 0) is 14.3 Å². The molecule has 2 aliphatic heterocycles. The number of hydrogen-bond donors (Lipinski definition) is 1. The van der Waals surface area contributed by atoms with Crippen molar-refractivity contribution in [2.45, 2.75) is 56.6 Å². The van der Waals surface area contributed by atoms with Gasteiger partial charge in [-0.05, 0) is 38.0 Å². The largest absolute Gasteiger partial charge is 0.378 e. The molecule has 0 aromatic heterocycles. The molecule has 0 spiro atoms. The highest BCUT2D eigenvalue weighted by Gasteiger charge is 2.42. The lowest BCUT2D eigenvalue weighted by Gasteiger charge is -2.44. The minimum Gasteiger partial charge on any atom is -0.378 e. The number of carbonyl (C=O) groups excluding carboxylic acids is 2. The van der Waals surface area contributed by atoms with E-state index < -0.39 is 0 Å². The van der Waals surface area contributed by atoms with E-state index in [-0.39, 0.29) is 23.5 Å². The first-order valence-corrected chi connectivity index (χ1v) is 7.74. The number of fused-ring (bicyclic) bond motifs is 1. The number of ether oxygens (including phenoxy) is 1. The molecule has 5 nitrogen and oxygen atoms in total. The molecule has 0 radical (unpaired) electrons. The van der Waals surface area contributed by atoms with E-state index in [1.165, 1.54) is 0 Å². The van der Waals surface area contributed by atoms with Crippen LogP contribution >= 0.6 is 0 Å². The van der Waals surface area contributed by atoms with E-state index in [1.807, 2.05) is 4.90 Å². The van der Waals surface area contributed by atoms with E-state index in [4.69, 9.17) is 4.74 Å². The molecule has 0 aromatic rings. The number of rotatable bonds is 3. The molecule has 1 saturated carbocycles. The van der Waals surface area contributed by atoms with Gasteiger partial charge < -0.3 is 15.0 Å². The third-order valence-corrected chi connectivity index (χ3v) is 5.35. The van der Waals surface area contributed by atoms with Crippen LogP contribution in [0.3, 0.4) is 0 Å². The normalized spacial score (nSPS) is 32.0. The molecule has 3 fully saturated rings. The highest BCUT2D eigenvalue weighted by atomic mass is 16.5. The van der Waals surface area contributed by atoms with Crippen molar-refractivity contribution in [2.75, 3.05) is 20.2 Å². The molecule has 112 valence electrons. The van der Waals surface area contributed by atoms with Crippen LogP contribution in [-0.4, -0.2) is 48.6 Å². The van der Waals surface area contributed by atoms with Gasteiger partial charge in [0.05, 0.1) is 12.0 Å². The molecule has 20 heavy (non-hydrogen) atoms. The van der Waals surface area contributed by atoms with E-state index in [1.54, 1.807) is 7.11 Å². The number of nitrogens with zero attached hydrogens (tertiary/aromatic N) is 1. The smallest absolute Gasteiger partial charge is 0.225 e. The molecule has 1 aliphatic carbocycles. The lowest BCUT2D eigenvalue weighted by Crippen LogP contribution is -2.56. The Kier molecular flexibility index (Phi) is 3.71. The minimum absolute atomic E-state index is 0.166. The number of nitrogens with one attached hydrogen (secondary N) is 1. The number of likely N-dealkylation sites (tertiary alicyclic amines) is 1. The summed E-state index contributed by atoms with van der Waals surface area (Å²) in [7, 11) is 1.72. The highest BCUT2D eigenvalue weighted by molar-refractivity contribution is 5.79. The van der Waals surface area contributed by atoms with Gasteiger partial charge in [0, 0.05) is 32.7 Å². The van der Waals surface area contributed by atoms with Crippen molar-refractivity contribution in [3.8, 4) is 0 Å². The summed E-state index contributed by atoms with van der Waals surface area (Å²) in [5.41, 5.74) is -0.186. The first-order valence-electron chi connectivity index (χ1n) is 7.74. The van der Waals surface area contributed by atoms with E-state index >= 15 is 0 Å². The summed E-state index contributed by atoms with van der Waals surface area (Å²) in [6.45, 7) is 1.56. The Hall–Kier alpha value is -1.10. The van der Waals surface area contributed by atoms with Crippen LogP contribution in [0.25, 0.3) is 0 Å². The van der Waals surface area contributed by atoms with Gasteiger partial charge in [-0.25, -0.2) is 0 Å². The minimum atomic E-state index is -0.186. The van der Waals surface area contributed by atoms with Crippen LogP contribution in [0.4, 0.5) is 0 Å². The van der Waals surface area contributed by atoms with Gasteiger partial charge in [0.25, 0.3) is 0 Å². The third kappa shape index (κ3) is 2.55. The van der Waals surface area contributed by atoms with Gasteiger partial charge in [-0.3, -0.25) is 9.59 Å². The van der Waals surface area contributed by atoms with E-state index in [0.717, 1.165) is 45.2 Å². The maximum Gasteiger partial charge on any atom is 0.225 e. The number of carbonyl (C=O) groups is 2. The van der Waals surface area contributed by atoms with E-state index in [2.05, 4.69) is 5.32 Å². The van der Waals surface area contributed by atoms with Gasteiger partial charge in [-0.1, -0.05) is 0 Å². The zero-order valence-electron chi connectivity index (χ0n) is 12.2. The summed E-state index contributed by atoms with van der Waals surface area (Å²) in [4.78, 5) is 25.8. The maximum absolute atomic E-state index is 12.5. The Bertz CT molecular complexity index is 400. The second-order valence-electron chi connectivity index (χ2n) is 6.52. The molecular formula is C15H24N2O3. The van der Waals surface area contributed by atoms with E-state index in [9.17, 15) is 9.59 Å². The van der Waals surface area contributed by atoms with Crippen LogP contribution in [0.15, 0.2) is 0 Å². The molecule has 2 unspecified atom stereocenters. The van der Waals surface area contributed by atoms with E-state index in [0.29, 0.717) is 18.8 Å². The van der Waals surface area contributed by atoms with Gasteiger partial charge in [0.2, 0.25) is 11.8 Å². The standard InChI is InChI=1S/C15H24N2O3/c1-20-15(6-2-7-15)9-14(19)17-8-5-12-11(10-17)3-4-13(18)16-12/h11-12H,2-10H2,1H3,(H,16,18). The Morgan fingerprint density at radius 3 is 2.90 bits per heavy atom. The lowest BCUT2D eigenvalue weighted by atomic mass is 9.77. The number of methoxy groups -OCH3 is 1. The zero-order chi connectivity index (χ0) is 14.2. The van der Waals surface area contributed by atoms with Gasteiger partial charge in [-0.15, -0.1) is 0 Å². The molecule has 5 heteroatoms. The topological polar surface area (TPSA) is 58.6 Å². The molecule has 2 atom stereocenters. The van der Waals surface area contributed by atoms with Gasteiger partial charge in [-0.2, -0.15) is 0 Å². The van der Waals surface area contributed by atoms with Crippen LogP contribution in [0.1, 0.15) is 44.9 Å². The first kappa shape index (κ1) is 13.9. The summed E-state index contributed by atoms with van der Waals surface area (Å²) >= 11 is 0. The Balaban J connectivity index is 1.56. The van der Waals surface area contributed by atoms with Crippen molar-refractivity contribution in [2.24, 2.45) is 5.92 Å². The number of piperidine rings is 2. The van der Waals surface area contributed by atoms with Crippen molar-refractivity contribution in [3.63, 3.8) is 0 Å². The zero-order valence-corrected chi connectivity index (χ0v) is 12.2. The molecule has 0 aromatic carbocycles. The maximum atomic E-state index is 12.5. The predicted molar refractivity (Wildman–Crippen MR) is 74.1 cm³/mol. The van der Waals surface area contributed by atoms with Crippen molar-refractivity contribution in [1.29, 1.82) is 0 Å². The molecule has 2 heterocycles. The SMILES string of the molecule is COC1(CC(=O)N2CCC3NC(=O)CCC3C2)CCC1. The van der Waals surface area contributed by atoms with Crippen LogP contribution < -0.4 is 5.32 Å². The monoisotopic (exact) mass is 280 g/mol. The van der Waals surface area contributed by atoms with Crippen LogP contribution in [0.2, 0.25) is 0 Å². The fraction of sp³-hybridized carbons (Fsp3) is 0.867. The summed E-state index contributed by atoms with van der Waals surface area (Å²) in [5.74, 6) is 0.825. The molecule has 3 aliphatic rings. The third-order valence-electron chi connectivity index (χ3n) is 5.35. The fourth-order valence-electron chi connectivity index (χ4n) is 3.75. The Morgan fingerprint density at radius 2 is 2.25 bits per heavy atom. The van der Waals surface area contributed by atoms with Crippen LogP contribution in [0, 0.1) is 5.92 Å². The van der Waals surface area contributed by atoms with Gasteiger partial charge >= 0.3 is 0 Å². The lowest BCUT2D eigenvalue weighted by molar-refractivity contribution is -0.146. The molecule has 0 bridgehead atoms. The summed E-state index contributed by atoms with van der Waals surface area (Å²) in [6.07, 6.45) is 6.10. The van der Waals surface area contributed by atoms with Crippen molar-refractivity contribution >= 4 is 11.8 Å². The quantitative estimate of drug-likeness (QED) is 0.841. The molecule has 3 rings (SSSR count). The van der Waals surface area contributed by atoms with Gasteiger partial charge in [0.1, 0.15) is 0 Å². The summed E-state index contributed by atoms with van der Waals surface area (Å²) < 4.78 is 5.55. The first-order chi connectivity index (χ1) is 9.62. The second-order valence-corrected chi connectivity index (χ2v) is 6.52. The Labute approximate surface area is 120 Å². The highest BCUT2D eigenvalue weighted by Crippen LogP contribution is 2.38. The molecule has 1 N–H and O–H groups in total. The molecular weight excluding hydrogens is 256 g/mol. The molecule has 2 amide bonds. The van der Waals surface area contributed by atoms with Crippen LogP contribution in [0.5, 0.6) is 0 Å². The number of hydrogen-bond acceptors (Lipinski definition) is 3. The predicted octanol–water partition coefficient (Wildman–Crippen LogP) is 1.07. The number of amides is 2. The van der Waals surface area contributed by atoms with Crippen molar-refractivity contribution in [3.05, 3.63) is 0 Å². The van der Waals surface area contributed by atoms with Crippen molar-refractivity contribution < 1.29 is 14.3 Å². The van der Waals surface area contributed by atoms with Gasteiger partial charge in [0.15, 0.2) is 0 Å². The summed E-state index contributed by atoms with van der Waals surface area (Å²) in [5, 5.41) is 3.06. The molecule has 2 saturated heterocycles. The fourth-order valence-corrected chi connectivity index (χ4v) is 3.75. The summed E-state index contributed by atoms with van der Waals surface area (Å²) in [6, 6.07) is 0.278.